The molecule has 1 N–H and O–H groups in total. The summed E-state index contributed by atoms with van der Waals surface area (Å²) in [6.45, 7) is 5.08. The van der Waals surface area contributed by atoms with Crippen LogP contribution < -0.4 is 5.32 Å². The number of rotatable bonds is 3. The first-order chi connectivity index (χ1) is 8.17. The molecule has 7 nitrogen and oxygen atoms in total. The first-order valence-electron chi connectivity index (χ1n) is 5.35. The number of hydroxylamine groups is 2. The summed E-state index contributed by atoms with van der Waals surface area (Å²) in [6, 6.07) is 0. The van der Waals surface area contributed by atoms with Gasteiger partial charge in [-0.1, -0.05) is 0 Å². The van der Waals surface area contributed by atoms with Gasteiger partial charge in [0.1, 0.15) is 12.1 Å². The van der Waals surface area contributed by atoms with Gasteiger partial charge in [-0.15, -0.1) is 0 Å². The maximum Gasteiger partial charge on any atom is 0.408 e. The number of carbonyl (C=O) groups is 2. The minimum atomic E-state index is -0.625. The number of nitrogens with zero attached hydrogens (tertiary/aromatic N) is 1. The molecule has 0 unspecified atom stereocenters. The van der Waals surface area contributed by atoms with Crippen LogP contribution in [0.5, 0.6) is 0 Å². The molecule has 0 aromatic rings. The average Bonchev–Trinajstić information content (AvgIpc) is 2.23. The van der Waals surface area contributed by atoms with Crippen LogP contribution in [0.1, 0.15) is 20.8 Å². The van der Waals surface area contributed by atoms with Crippen LogP contribution >= 0.6 is 0 Å². The zero-order chi connectivity index (χ0) is 14.8. The molecule has 0 atom stereocenters. The summed E-state index contributed by atoms with van der Waals surface area (Å²) in [5.41, 5.74) is -0.569. The monoisotopic (exact) mass is 264 g/mol. The topological polar surface area (TPSA) is 77.1 Å². The van der Waals surface area contributed by atoms with E-state index in [1.54, 1.807) is 35.0 Å². The fraction of sp³-hybridized carbons (Fsp3) is 0.818. The fourth-order valence-electron chi connectivity index (χ4n) is 0.675. The number of nitrogens with one attached hydrogen (secondary N) is 1. The lowest BCUT2D eigenvalue weighted by atomic mass is 10.2. The molecule has 0 saturated heterocycles. The van der Waals surface area contributed by atoms with Gasteiger partial charge in [-0.2, -0.15) is 0 Å². The van der Waals surface area contributed by atoms with Crippen LogP contribution in [0.15, 0.2) is 0 Å². The Balaban J connectivity index is 0. The number of hydrogen-bond donors (Lipinski definition) is 1. The molecule has 0 aliphatic rings. The van der Waals surface area contributed by atoms with Gasteiger partial charge in [-0.3, -0.25) is 9.63 Å². The smallest absolute Gasteiger partial charge is 0.408 e. The molecule has 0 aliphatic carbocycles. The molecule has 0 aliphatic heterocycles. The standard InChI is InChI=1S/C9H18N2O4.C2H6O/c1-9(2,3)15-8(13)10-6-7(12)11(4)14-5;1-3-2/h6H2,1-5H3,(H,10,13);1-2H3. The third kappa shape index (κ3) is 12.7. The third-order valence-electron chi connectivity index (χ3n) is 1.41. The summed E-state index contributed by atoms with van der Waals surface area (Å²) in [5, 5.41) is 3.35. The van der Waals surface area contributed by atoms with Crippen molar-refractivity contribution in [1.29, 1.82) is 0 Å². The molecule has 0 heterocycles. The Kier molecular flexibility index (Phi) is 10.2. The highest BCUT2D eigenvalue weighted by molar-refractivity contribution is 5.81. The maximum atomic E-state index is 11.2. The van der Waals surface area contributed by atoms with E-state index in [9.17, 15) is 9.59 Å². The van der Waals surface area contributed by atoms with Gasteiger partial charge in [0.2, 0.25) is 0 Å². The van der Waals surface area contributed by atoms with Gasteiger partial charge in [0, 0.05) is 21.3 Å². The lowest BCUT2D eigenvalue weighted by Gasteiger charge is -2.20. The molecule has 0 fully saturated rings. The van der Waals surface area contributed by atoms with Crippen LogP contribution in [0.4, 0.5) is 4.79 Å². The van der Waals surface area contributed by atoms with Crippen molar-refractivity contribution in [3.8, 4) is 0 Å². The zero-order valence-electron chi connectivity index (χ0n) is 12.2. The highest BCUT2D eigenvalue weighted by Gasteiger charge is 2.17. The van der Waals surface area contributed by atoms with E-state index in [0.717, 1.165) is 5.06 Å². The average molecular weight is 264 g/mol. The second-order valence-electron chi connectivity index (χ2n) is 4.34. The Morgan fingerprint density at radius 3 is 1.94 bits per heavy atom. The second-order valence-corrected chi connectivity index (χ2v) is 4.34. The maximum absolute atomic E-state index is 11.2. The summed E-state index contributed by atoms with van der Waals surface area (Å²) in [6.07, 6.45) is -0.625. The number of hydrogen-bond acceptors (Lipinski definition) is 5. The van der Waals surface area contributed by atoms with E-state index in [4.69, 9.17) is 4.74 Å². The van der Waals surface area contributed by atoms with Crippen molar-refractivity contribution in [3.63, 3.8) is 0 Å². The van der Waals surface area contributed by atoms with Crippen molar-refractivity contribution in [2.45, 2.75) is 26.4 Å². The Labute approximate surface area is 108 Å². The molecule has 0 aromatic carbocycles. The van der Waals surface area contributed by atoms with Crippen LogP contribution in [0, 0.1) is 0 Å². The van der Waals surface area contributed by atoms with Crippen LogP contribution in [0.3, 0.4) is 0 Å². The number of likely N-dealkylation sites (N-methyl/N-ethyl adjacent to an activating group) is 1. The molecule has 0 aromatic heterocycles. The SMILES string of the molecule is COC.CON(C)C(=O)CNC(=O)OC(C)(C)C. The first-order valence-corrected chi connectivity index (χ1v) is 5.35. The molecule has 2 amide bonds. The van der Waals surface area contributed by atoms with Crippen molar-refractivity contribution in [2.24, 2.45) is 0 Å². The number of ether oxygens (including phenoxy) is 2. The lowest BCUT2D eigenvalue weighted by molar-refractivity contribution is -0.167. The molecule has 0 radical (unpaired) electrons. The van der Waals surface area contributed by atoms with Crippen molar-refractivity contribution in [3.05, 3.63) is 0 Å². The number of carbonyl (C=O) groups excluding carboxylic acids is 2. The Morgan fingerprint density at radius 1 is 1.17 bits per heavy atom. The number of amides is 2. The molecular formula is C11H24N2O5. The lowest BCUT2D eigenvalue weighted by Crippen LogP contribution is -2.40. The molecular weight excluding hydrogens is 240 g/mol. The quantitative estimate of drug-likeness (QED) is 0.763. The second kappa shape index (κ2) is 9.67. The van der Waals surface area contributed by atoms with Gasteiger partial charge in [-0.25, -0.2) is 9.86 Å². The molecule has 0 bridgehead atoms. The van der Waals surface area contributed by atoms with E-state index in [1.165, 1.54) is 14.2 Å². The molecule has 0 rings (SSSR count). The van der Waals surface area contributed by atoms with E-state index in [-0.39, 0.29) is 12.5 Å². The first kappa shape index (κ1) is 19.0. The van der Waals surface area contributed by atoms with Gasteiger partial charge in [0.05, 0.1) is 7.11 Å². The predicted octanol–water partition coefficient (Wildman–Crippen LogP) is 0.793. The third-order valence-corrected chi connectivity index (χ3v) is 1.41. The number of alkyl carbamates (subject to hydrolysis) is 1. The van der Waals surface area contributed by atoms with Crippen molar-refractivity contribution in [2.75, 3.05) is 34.9 Å². The predicted molar refractivity (Wildman–Crippen MR) is 66.9 cm³/mol. The summed E-state index contributed by atoms with van der Waals surface area (Å²) in [4.78, 5) is 26.9. The Hall–Kier alpha value is -1.34. The van der Waals surface area contributed by atoms with Gasteiger partial charge < -0.3 is 14.8 Å². The van der Waals surface area contributed by atoms with Crippen molar-refractivity contribution in [1.82, 2.24) is 10.4 Å². The summed E-state index contributed by atoms with van der Waals surface area (Å²) in [5.74, 6) is -0.358. The fourth-order valence-corrected chi connectivity index (χ4v) is 0.675. The molecule has 18 heavy (non-hydrogen) atoms. The molecule has 0 spiro atoms. The van der Waals surface area contributed by atoms with Crippen LogP contribution in [-0.2, 0) is 19.1 Å². The van der Waals surface area contributed by atoms with E-state index in [1.807, 2.05) is 0 Å². The van der Waals surface area contributed by atoms with Crippen LogP contribution in [0.2, 0.25) is 0 Å². The van der Waals surface area contributed by atoms with E-state index in [0.29, 0.717) is 0 Å². The Bertz CT molecular complexity index is 250. The van der Waals surface area contributed by atoms with Gasteiger partial charge in [0.25, 0.3) is 5.91 Å². The van der Waals surface area contributed by atoms with Gasteiger partial charge in [0.15, 0.2) is 0 Å². The van der Waals surface area contributed by atoms with E-state index in [2.05, 4.69) is 14.9 Å². The summed E-state index contributed by atoms with van der Waals surface area (Å²) >= 11 is 0. The largest absolute Gasteiger partial charge is 0.444 e. The van der Waals surface area contributed by atoms with Crippen LogP contribution in [0.25, 0.3) is 0 Å². The molecule has 108 valence electrons. The van der Waals surface area contributed by atoms with Crippen molar-refractivity contribution >= 4 is 12.0 Å². The van der Waals surface area contributed by atoms with Gasteiger partial charge >= 0.3 is 6.09 Å². The van der Waals surface area contributed by atoms with E-state index < -0.39 is 11.7 Å². The summed E-state index contributed by atoms with van der Waals surface area (Å²) in [7, 11) is 6.07. The summed E-state index contributed by atoms with van der Waals surface area (Å²) < 4.78 is 9.19. The van der Waals surface area contributed by atoms with E-state index >= 15 is 0 Å². The highest BCUT2D eigenvalue weighted by Crippen LogP contribution is 2.06. The number of methoxy groups -OCH3 is 1. The molecule has 0 saturated carbocycles. The van der Waals surface area contributed by atoms with Crippen LogP contribution in [-0.4, -0.2) is 57.6 Å². The molecule has 7 heteroatoms. The Morgan fingerprint density at radius 2 is 1.61 bits per heavy atom. The highest BCUT2D eigenvalue weighted by atomic mass is 16.7. The van der Waals surface area contributed by atoms with Crippen molar-refractivity contribution < 1.29 is 23.9 Å². The normalized spacial score (nSPS) is 9.94. The minimum Gasteiger partial charge on any atom is -0.444 e. The van der Waals surface area contributed by atoms with Gasteiger partial charge in [-0.05, 0) is 20.8 Å². The zero-order valence-corrected chi connectivity index (χ0v) is 12.2. The minimum absolute atomic E-state index is 0.154.